The molecule has 1 N–H and O–H groups in total. The Bertz CT molecular complexity index is 603. The smallest absolute Gasteiger partial charge is 0.252 e. The summed E-state index contributed by atoms with van der Waals surface area (Å²) in [4.78, 5) is 25.4. The van der Waals surface area contributed by atoms with Crippen LogP contribution >= 0.6 is 0 Å². The van der Waals surface area contributed by atoms with E-state index in [9.17, 15) is 9.18 Å². The quantitative estimate of drug-likeness (QED) is 0.846. The number of piperidine rings is 1. The fourth-order valence-corrected chi connectivity index (χ4v) is 2.94. The molecule has 0 saturated carbocycles. The molecule has 2 fully saturated rings. The Kier molecular flexibility index (Phi) is 4.32. The van der Waals surface area contributed by atoms with Crippen LogP contribution in [-0.2, 0) is 9.63 Å². The average Bonchev–Trinajstić information content (AvgIpc) is 3.04. The number of pyridine rings is 1. The maximum absolute atomic E-state index is 14.0. The molecule has 0 radical (unpaired) electrons. The van der Waals surface area contributed by atoms with E-state index in [4.69, 9.17) is 11.4 Å². The van der Waals surface area contributed by atoms with Gasteiger partial charge in [-0.15, -0.1) is 0 Å². The van der Waals surface area contributed by atoms with Crippen molar-refractivity contribution in [2.24, 2.45) is 5.92 Å². The molecule has 22 heavy (non-hydrogen) atoms. The van der Waals surface area contributed by atoms with E-state index in [-0.39, 0.29) is 18.5 Å². The molecule has 2 saturated heterocycles. The summed E-state index contributed by atoms with van der Waals surface area (Å²) in [6.07, 6.45) is 3.00. The highest BCUT2D eigenvalue weighted by molar-refractivity contribution is 5.79. The first-order chi connectivity index (χ1) is 10.7. The van der Waals surface area contributed by atoms with Gasteiger partial charge in [-0.05, 0) is 24.6 Å². The summed E-state index contributed by atoms with van der Waals surface area (Å²) in [6.45, 7) is 8.28. The third-order valence-electron chi connectivity index (χ3n) is 4.11. The monoisotopic (exact) mass is 304 g/mol. The molecule has 0 spiro atoms. The Balaban J connectivity index is 1.80. The fraction of sp³-hybridized carbons (Fsp3) is 0.533. The Morgan fingerprint density at radius 3 is 3.14 bits per heavy atom. The first kappa shape index (κ1) is 14.9. The van der Waals surface area contributed by atoms with Gasteiger partial charge in [0.15, 0.2) is 0 Å². The lowest BCUT2D eigenvalue weighted by Gasteiger charge is -2.31. The van der Waals surface area contributed by atoms with Crippen molar-refractivity contribution in [1.82, 2.24) is 15.4 Å². The highest BCUT2D eigenvalue weighted by atomic mass is 19.1. The van der Waals surface area contributed by atoms with Gasteiger partial charge in [0.05, 0.1) is 25.1 Å². The second-order valence-corrected chi connectivity index (χ2v) is 5.51. The Hall–Kier alpha value is -2.04. The highest BCUT2D eigenvalue weighted by Crippen LogP contribution is 2.34. The van der Waals surface area contributed by atoms with Gasteiger partial charge in [0.2, 0.25) is 5.69 Å². The van der Waals surface area contributed by atoms with E-state index in [0.717, 1.165) is 5.56 Å². The van der Waals surface area contributed by atoms with Crippen LogP contribution in [0, 0.1) is 12.5 Å². The Morgan fingerprint density at radius 1 is 1.50 bits per heavy atom. The number of hydrogen-bond donors (Lipinski definition) is 1. The van der Waals surface area contributed by atoms with Gasteiger partial charge in [0, 0.05) is 25.4 Å². The molecule has 0 aromatic carbocycles. The van der Waals surface area contributed by atoms with E-state index in [1.807, 2.05) is 0 Å². The Morgan fingerprint density at radius 2 is 2.36 bits per heavy atom. The van der Waals surface area contributed by atoms with Crippen LogP contribution in [0.5, 0.6) is 0 Å². The minimum atomic E-state index is -1.20. The zero-order valence-corrected chi connectivity index (χ0v) is 12.0. The summed E-state index contributed by atoms with van der Waals surface area (Å²) in [5, 5.41) is 4.22. The van der Waals surface area contributed by atoms with Gasteiger partial charge in [-0.3, -0.25) is 14.6 Å². The van der Waals surface area contributed by atoms with E-state index < -0.39 is 12.1 Å². The SMILES string of the molecule is [C-]#[N+]c1cncc([C@@H]2CCON2C(=O)C2CCNCC2F)c1. The summed E-state index contributed by atoms with van der Waals surface area (Å²) in [7, 11) is 0. The predicted molar refractivity (Wildman–Crippen MR) is 76.5 cm³/mol. The summed E-state index contributed by atoms with van der Waals surface area (Å²) >= 11 is 0. The first-order valence-electron chi connectivity index (χ1n) is 7.34. The molecule has 7 heteroatoms. The van der Waals surface area contributed by atoms with Crippen LogP contribution in [0.25, 0.3) is 4.85 Å². The lowest BCUT2D eigenvalue weighted by atomic mass is 9.94. The fourth-order valence-electron chi connectivity index (χ4n) is 2.94. The minimum absolute atomic E-state index is 0.198. The van der Waals surface area contributed by atoms with Crippen LogP contribution in [-0.4, -0.2) is 41.8 Å². The van der Waals surface area contributed by atoms with Crippen molar-refractivity contribution in [2.45, 2.75) is 25.1 Å². The molecule has 0 bridgehead atoms. The van der Waals surface area contributed by atoms with Crippen molar-refractivity contribution < 1.29 is 14.0 Å². The van der Waals surface area contributed by atoms with Crippen molar-refractivity contribution in [2.75, 3.05) is 19.7 Å². The summed E-state index contributed by atoms with van der Waals surface area (Å²) in [5.41, 5.74) is 1.17. The number of nitrogens with zero attached hydrogens (tertiary/aromatic N) is 3. The van der Waals surface area contributed by atoms with Gasteiger partial charge in [0.25, 0.3) is 5.91 Å². The lowest BCUT2D eigenvalue weighted by molar-refractivity contribution is -0.184. The number of aromatic nitrogens is 1. The Labute approximate surface area is 128 Å². The molecule has 1 amide bonds. The van der Waals surface area contributed by atoms with E-state index in [0.29, 0.717) is 31.7 Å². The molecular weight excluding hydrogens is 287 g/mol. The second-order valence-electron chi connectivity index (χ2n) is 5.51. The van der Waals surface area contributed by atoms with Crippen molar-refractivity contribution >= 4 is 11.6 Å². The summed E-state index contributed by atoms with van der Waals surface area (Å²) in [5.74, 6) is -0.983. The van der Waals surface area contributed by atoms with Crippen LogP contribution in [0.3, 0.4) is 0 Å². The number of carbonyl (C=O) groups is 1. The van der Waals surface area contributed by atoms with Gasteiger partial charge >= 0.3 is 0 Å². The molecule has 2 aliphatic rings. The molecule has 1 aromatic rings. The van der Waals surface area contributed by atoms with Crippen LogP contribution in [0.1, 0.15) is 24.4 Å². The lowest BCUT2D eigenvalue weighted by Crippen LogP contribution is -2.46. The molecule has 1 aromatic heterocycles. The highest BCUT2D eigenvalue weighted by Gasteiger charge is 2.40. The van der Waals surface area contributed by atoms with Gasteiger partial charge < -0.3 is 5.32 Å². The number of alkyl halides is 1. The minimum Gasteiger partial charge on any atom is -0.314 e. The number of hydroxylamine groups is 2. The van der Waals surface area contributed by atoms with Crippen LogP contribution in [0.4, 0.5) is 10.1 Å². The van der Waals surface area contributed by atoms with E-state index >= 15 is 0 Å². The van der Waals surface area contributed by atoms with Crippen LogP contribution < -0.4 is 5.32 Å². The molecule has 2 unspecified atom stereocenters. The number of halogens is 1. The van der Waals surface area contributed by atoms with E-state index in [1.165, 1.54) is 11.3 Å². The third kappa shape index (κ3) is 2.80. The largest absolute Gasteiger partial charge is 0.314 e. The average molecular weight is 304 g/mol. The van der Waals surface area contributed by atoms with Crippen LogP contribution in [0.15, 0.2) is 18.5 Å². The first-order valence-corrected chi connectivity index (χ1v) is 7.34. The topological polar surface area (TPSA) is 58.8 Å². The zero-order valence-electron chi connectivity index (χ0n) is 12.0. The third-order valence-corrected chi connectivity index (χ3v) is 4.11. The maximum Gasteiger partial charge on any atom is 0.252 e. The standard InChI is InChI=1S/C15H17FN4O2/c1-17-11-6-10(7-19-8-11)14-3-5-22-20(14)15(21)12-2-4-18-9-13(12)16/h6-8,12-14,18H,2-5,9H2/t12?,13?,14-/m0/s1. The molecule has 116 valence electrons. The number of carbonyl (C=O) groups excluding carboxylic acids is 1. The van der Waals surface area contributed by atoms with Gasteiger partial charge in [-0.25, -0.2) is 14.3 Å². The molecule has 3 rings (SSSR count). The zero-order chi connectivity index (χ0) is 15.5. The number of amides is 1. The number of hydrogen-bond acceptors (Lipinski definition) is 4. The maximum atomic E-state index is 14.0. The molecule has 0 aliphatic carbocycles. The van der Waals surface area contributed by atoms with Crippen molar-refractivity contribution in [1.29, 1.82) is 0 Å². The van der Waals surface area contributed by atoms with Crippen molar-refractivity contribution in [3.05, 3.63) is 35.4 Å². The molecule has 6 nitrogen and oxygen atoms in total. The second kappa shape index (κ2) is 6.38. The number of nitrogens with one attached hydrogen (secondary N) is 1. The normalized spacial score (nSPS) is 28.4. The molecule has 2 aliphatic heterocycles. The van der Waals surface area contributed by atoms with Crippen molar-refractivity contribution in [3.8, 4) is 0 Å². The summed E-state index contributed by atoms with van der Waals surface area (Å²) < 4.78 is 14.0. The van der Waals surface area contributed by atoms with Gasteiger partial charge in [-0.2, -0.15) is 0 Å². The van der Waals surface area contributed by atoms with E-state index in [1.54, 1.807) is 12.3 Å². The molecule has 3 atom stereocenters. The predicted octanol–water partition coefficient (Wildman–Crippen LogP) is 1.78. The molecule has 3 heterocycles. The number of rotatable bonds is 2. The van der Waals surface area contributed by atoms with Gasteiger partial charge in [0.1, 0.15) is 6.17 Å². The van der Waals surface area contributed by atoms with Crippen molar-refractivity contribution in [3.63, 3.8) is 0 Å². The van der Waals surface area contributed by atoms with E-state index in [2.05, 4.69) is 15.1 Å². The van der Waals surface area contributed by atoms with Gasteiger partial charge in [-0.1, -0.05) is 0 Å². The molecular formula is C15H17FN4O2. The summed E-state index contributed by atoms with van der Waals surface area (Å²) in [6, 6.07) is 1.40. The van der Waals surface area contributed by atoms with Crippen LogP contribution in [0.2, 0.25) is 0 Å².